The number of nitrogens with one attached hydrogen (secondary N) is 4. The summed E-state index contributed by atoms with van der Waals surface area (Å²) in [6.45, 7) is 0. The monoisotopic (exact) mass is 575 g/mol. The van der Waals surface area contributed by atoms with Gasteiger partial charge in [-0.05, 0) is 37.0 Å². The Morgan fingerprint density at radius 1 is 0.829 bits per heavy atom. The van der Waals surface area contributed by atoms with Gasteiger partial charge in [0.1, 0.15) is 23.9 Å². The minimum atomic E-state index is -1.45. The molecule has 4 atom stereocenters. The van der Waals surface area contributed by atoms with Gasteiger partial charge in [0, 0.05) is 31.2 Å². The number of carbonyl (C=O) groups excluding carboxylic acids is 4. The van der Waals surface area contributed by atoms with Crippen molar-refractivity contribution in [1.82, 2.24) is 25.9 Å². The second kappa shape index (κ2) is 15.6. The second-order valence-electron chi connectivity index (χ2n) is 9.22. The zero-order chi connectivity index (χ0) is 30.5. The fraction of sp³-hybridized carbons (Fsp3) is 0.400. The molecule has 41 heavy (non-hydrogen) atoms. The number of carboxylic acids is 2. The molecule has 0 saturated heterocycles. The van der Waals surface area contributed by atoms with Crippen LogP contribution < -0.4 is 27.4 Å². The molecule has 0 aliphatic heterocycles. The molecule has 0 bridgehead atoms. The Balaban J connectivity index is 2.15. The number of aromatic hydroxyl groups is 1. The summed E-state index contributed by atoms with van der Waals surface area (Å²) in [5, 5.41) is 35.1. The molecule has 0 radical (unpaired) electrons. The van der Waals surface area contributed by atoms with E-state index >= 15 is 0 Å². The average molecular weight is 576 g/mol. The van der Waals surface area contributed by atoms with Crippen molar-refractivity contribution in [3.05, 3.63) is 48.0 Å². The van der Waals surface area contributed by atoms with Crippen LogP contribution in [0.5, 0.6) is 5.75 Å². The number of aromatic nitrogens is 2. The number of phenols is 1. The lowest BCUT2D eigenvalue weighted by molar-refractivity contribution is -0.142. The highest BCUT2D eigenvalue weighted by atomic mass is 16.4. The summed E-state index contributed by atoms with van der Waals surface area (Å²) in [6.07, 6.45) is 1.05. The molecule has 2 aromatic rings. The van der Waals surface area contributed by atoms with E-state index in [4.69, 9.17) is 16.6 Å². The predicted octanol–water partition coefficient (Wildman–Crippen LogP) is -2.10. The first kappa shape index (κ1) is 32.2. The number of nitrogens with zero attached hydrogens (tertiary/aromatic N) is 1. The number of aliphatic carboxylic acids is 2. The van der Waals surface area contributed by atoms with Crippen molar-refractivity contribution < 1.29 is 44.1 Å². The largest absolute Gasteiger partial charge is 0.508 e. The van der Waals surface area contributed by atoms with Gasteiger partial charge in [0.05, 0.1) is 12.4 Å². The Morgan fingerprint density at radius 2 is 1.39 bits per heavy atom. The molecule has 0 aliphatic carbocycles. The zero-order valence-electron chi connectivity index (χ0n) is 21.9. The summed E-state index contributed by atoms with van der Waals surface area (Å²) in [5.74, 6) is -6.09. The van der Waals surface area contributed by atoms with Crippen LogP contribution in [0, 0.1) is 0 Å². The third-order valence-corrected chi connectivity index (χ3v) is 5.91. The van der Waals surface area contributed by atoms with Crippen molar-refractivity contribution in [3.63, 3.8) is 0 Å². The topological polar surface area (TPSA) is 280 Å². The number of amides is 4. The van der Waals surface area contributed by atoms with Crippen molar-refractivity contribution in [2.45, 2.75) is 62.7 Å². The molecule has 1 aromatic heterocycles. The van der Waals surface area contributed by atoms with E-state index in [0.29, 0.717) is 11.3 Å². The number of primary amides is 1. The molecule has 16 heteroatoms. The van der Waals surface area contributed by atoms with Crippen LogP contribution in [-0.4, -0.2) is 85.0 Å². The van der Waals surface area contributed by atoms with E-state index in [-0.39, 0.29) is 37.9 Å². The SMILES string of the molecule is NC(=O)CCC(NC(=O)C(CCC(=O)O)NC(=O)C(N)Cc1ccc(O)cc1)C(=O)NC(Cc1cnc[nH]1)C(=O)O. The van der Waals surface area contributed by atoms with Crippen molar-refractivity contribution in [2.75, 3.05) is 0 Å². The van der Waals surface area contributed by atoms with Crippen LogP contribution in [0.15, 0.2) is 36.8 Å². The molecule has 4 unspecified atom stereocenters. The maximum Gasteiger partial charge on any atom is 0.326 e. The maximum atomic E-state index is 13.1. The quantitative estimate of drug-likeness (QED) is 0.0984. The molecule has 0 fully saturated rings. The number of carbonyl (C=O) groups is 6. The second-order valence-corrected chi connectivity index (χ2v) is 9.22. The number of nitrogens with two attached hydrogens (primary N) is 2. The maximum absolute atomic E-state index is 13.1. The van der Waals surface area contributed by atoms with Crippen LogP contribution in [-0.2, 0) is 41.6 Å². The van der Waals surface area contributed by atoms with E-state index < -0.39 is 66.2 Å². The third-order valence-electron chi connectivity index (χ3n) is 5.91. The van der Waals surface area contributed by atoms with Gasteiger partial charge in [-0.1, -0.05) is 12.1 Å². The van der Waals surface area contributed by atoms with Crippen LogP contribution in [0.25, 0.3) is 0 Å². The third kappa shape index (κ3) is 11.3. The van der Waals surface area contributed by atoms with Gasteiger partial charge in [0.2, 0.25) is 23.6 Å². The van der Waals surface area contributed by atoms with Gasteiger partial charge in [-0.2, -0.15) is 0 Å². The molecule has 4 amide bonds. The van der Waals surface area contributed by atoms with Crippen molar-refractivity contribution in [2.24, 2.45) is 11.5 Å². The summed E-state index contributed by atoms with van der Waals surface area (Å²) in [7, 11) is 0. The normalized spacial score (nSPS) is 13.7. The predicted molar refractivity (Wildman–Crippen MR) is 141 cm³/mol. The van der Waals surface area contributed by atoms with E-state index in [0.717, 1.165) is 0 Å². The minimum absolute atomic E-state index is 0.0167. The summed E-state index contributed by atoms with van der Waals surface area (Å²) in [5.41, 5.74) is 12.2. The van der Waals surface area contributed by atoms with E-state index in [1.165, 1.54) is 24.7 Å². The number of hydrogen-bond donors (Lipinski definition) is 9. The van der Waals surface area contributed by atoms with Gasteiger partial charge in [-0.15, -0.1) is 0 Å². The molecule has 2 rings (SSSR count). The van der Waals surface area contributed by atoms with Gasteiger partial charge in [0.25, 0.3) is 0 Å². The van der Waals surface area contributed by atoms with E-state index in [9.17, 15) is 39.0 Å². The van der Waals surface area contributed by atoms with Gasteiger partial charge in [-0.25, -0.2) is 9.78 Å². The van der Waals surface area contributed by atoms with E-state index in [2.05, 4.69) is 25.9 Å². The van der Waals surface area contributed by atoms with Gasteiger partial charge in [-0.3, -0.25) is 24.0 Å². The highest BCUT2D eigenvalue weighted by Gasteiger charge is 2.31. The first-order valence-corrected chi connectivity index (χ1v) is 12.5. The fourth-order valence-electron chi connectivity index (χ4n) is 3.71. The van der Waals surface area contributed by atoms with Crippen LogP contribution in [0.1, 0.15) is 36.9 Å². The highest BCUT2D eigenvalue weighted by molar-refractivity contribution is 5.94. The number of imidazole rings is 1. The number of benzene rings is 1. The zero-order valence-corrected chi connectivity index (χ0v) is 21.9. The van der Waals surface area contributed by atoms with Crippen molar-refractivity contribution >= 4 is 35.6 Å². The molecule has 0 saturated carbocycles. The Labute approximate surface area is 233 Å². The number of hydrogen-bond acceptors (Lipinski definition) is 9. The number of phenolic OH excluding ortho intramolecular Hbond substituents is 1. The molecule has 11 N–H and O–H groups in total. The van der Waals surface area contributed by atoms with Gasteiger partial charge < -0.3 is 47.7 Å². The highest BCUT2D eigenvalue weighted by Crippen LogP contribution is 2.11. The first-order valence-electron chi connectivity index (χ1n) is 12.5. The standard InChI is InChI=1S/C25H33N7O9/c26-16(9-13-1-3-15(33)4-2-13)22(37)30-18(6-8-21(35)36)23(38)31-17(5-7-20(27)34)24(39)32-19(25(40)41)10-14-11-28-12-29-14/h1-4,11-12,16-19,33H,5-10,26H2,(H2,27,34)(H,28,29)(H,30,37)(H,31,38)(H,32,39)(H,35,36)(H,40,41). The molecule has 222 valence electrons. The Kier molecular flexibility index (Phi) is 12.2. The molecule has 0 aliphatic rings. The Hall–Kier alpha value is -4.99. The van der Waals surface area contributed by atoms with E-state index in [1.807, 2.05) is 0 Å². The summed E-state index contributed by atoms with van der Waals surface area (Å²) in [4.78, 5) is 79.7. The van der Waals surface area contributed by atoms with Crippen LogP contribution >= 0.6 is 0 Å². The Bertz CT molecular complexity index is 1220. The number of aromatic amines is 1. The molecule has 0 spiro atoms. The van der Waals surface area contributed by atoms with Crippen molar-refractivity contribution in [3.8, 4) is 5.75 Å². The Morgan fingerprint density at radius 3 is 1.90 bits per heavy atom. The summed E-state index contributed by atoms with van der Waals surface area (Å²) < 4.78 is 0. The fourth-order valence-corrected chi connectivity index (χ4v) is 3.71. The first-order chi connectivity index (χ1) is 19.3. The molecule has 16 nitrogen and oxygen atoms in total. The van der Waals surface area contributed by atoms with Crippen LogP contribution in [0.2, 0.25) is 0 Å². The van der Waals surface area contributed by atoms with E-state index in [1.54, 1.807) is 12.1 Å². The molecular formula is C25H33N7O9. The number of carboxylic acid groups (broad SMARTS) is 2. The summed E-state index contributed by atoms with van der Waals surface area (Å²) in [6, 6.07) is 0.464. The molecular weight excluding hydrogens is 542 g/mol. The lowest BCUT2D eigenvalue weighted by Gasteiger charge is -2.25. The molecule has 1 aromatic carbocycles. The lowest BCUT2D eigenvalue weighted by atomic mass is 10.0. The van der Waals surface area contributed by atoms with Crippen LogP contribution in [0.3, 0.4) is 0 Å². The van der Waals surface area contributed by atoms with Gasteiger partial charge >= 0.3 is 11.9 Å². The molecule has 1 heterocycles. The average Bonchev–Trinajstić information content (AvgIpc) is 3.42. The van der Waals surface area contributed by atoms with Crippen molar-refractivity contribution in [1.29, 1.82) is 0 Å². The smallest absolute Gasteiger partial charge is 0.326 e. The van der Waals surface area contributed by atoms with Gasteiger partial charge in [0.15, 0.2) is 0 Å². The van der Waals surface area contributed by atoms with Crippen LogP contribution in [0.4, 0.5) is 0 Å². The number of H-pyrrole nitrogens is 1. The lowest BCUT2D eigenvalue weighted by Crippen LogP contribution is -2.57. The minimum Gasteiger partial charge on any atom is -0.508 e. The number of rotatable bonds is 17. The summed E-state index contributed by atoms with van der Waals surface area (Å²) >= 11 is 0.